The molecule has 1 aliphatic heterocycles. The molecule has 52 valence electrons. The molecule has 0 spiro atoms. The van der Waals surface area contributed by atoms with Gasteiger partial charge in [0, 0.05) is 13.6 Å². The second-order valence-corrected chi connectivity index (χ2v) is 2.17. The van der Waals surface area contributed by atoms with Gasteiger partial charge < -0.3 is 5.73 Å². The second kappa shape index (κ2) is 2.37. The Hall–Kier alpha value is -0.540. The van der Waals surface area contributed by atoms with Crippen LogP contribution in [0.15, 0.2) is 11.8 Å². The number of hydrogen-bond donors (Lipinski definition) is 1. The van der Waals surface area contributed by atoms with Crippen LogP contribution >= 0.6 is 0 Å². The summed E-state index contributed by atoms with van der Waals surface area (Å²) in [4.78, 5) is 5.23. The van der Waals surface area contributed by atoms with Gasteiger partial charge in [0.25, 0.3) is 0 Å². The summed E-state index contributed by atoms with van der Waals surface area (Å²) in [6.45, 7) is 2.54. The molecule has 1 heterocycles. The van der Waals surface area contributed by atoms with E-state index in [1.165, 1.54) is 0 Å². The zero-order valence-electron chi connectivity index (χ0n) is 5.79. The van der Waals surface area contributed by atoms with Gasteiger partial charge in [-0.15, -0.1) is 0 Å². The first-order valence-corrected chi connectivity index (χ1v) is 3.05. The van der Waals surface area contributed by atoms with E-state index in [2.05, 4.69) is 0 Å². The first-order chi connectivity index (χ1) is 4.24. The summed E-state index contributed by atoms with van der Waals surface area (Å²) in [7, 11) is 1.86. The summed E-state index contributed by atoms with van der Waals surface area (Å²) in [6, 6.07) is 0. The van der Waals surface area contributed by atoms with Crippen LogP contribution in [0.25, 0.3) is 0 Å². The molecule has 3 nitrogen and oxygen atoms in total. The number of rotatable bonds is 1. The molecule has 0 amide bonds. The van der Waals surface area contributed by atoms with Crippen molar-refractivity contribution in [3.8, 4) is 0 Å². The maximum Gasteiger partial charge on any atom is 0.103 e. The van der Waals surface area contributed by atoms with Crippen LogP contribution in [0.4, 0.5) is 0 Å². The largest absolute Gasteiger partial charge is 0.325 e. The highest BCUT2D eigenvalue weighted by Crippen LogP contribution is 2.13. The van der Waals surface area contributed by atoms with Crippen molar-refractivity contribution in [1.82, 2.24) is 5.06 Å². The monoisotopic (exact) mass is 128 g/mol. The summed E-state index contributed by atoms with van der Waals surface area (Å²) in [5, 5.41) is 1.71. The van der Waals surface area contributed by atoms with Crippen molar-refractivity contribution in [1.29, 1.82) is 0 Å². The van der Waals surface area contributed by atoms with Crippen molar-refractivity contribution < 1.29 is 4.84 Å². The molecular formula is C6H12N2O. The van der Waals surface area contributed by atoms with Crippen LogP contribution in [0, 0.1) is 0 Å². The average molecular weight is 128 g/mol. The molecule has 2 N–H and O–H groups in total. The minimum Gasteiger partial charge on any atom is -0.325 e. The quantitative estimate of drug-likeness (QED) is 0.544. The molecule has 0 bridgehead atoms. The van der Waals surface area contributed by atoms with Gasteiger partial charge in [0.15, 0.2) is 0 Å². The fourth-order valence-electron chi connectivity index (χ4n) is 0.920. The molecule has 3 heteroatoms. The Balaban J connectivity index is 2.57. The molecule has 0 aromatic heterocycles. The summed E-state index contributed by atoms with van der Waals surface area (Å²) < 4.78 is 0. The SMILES string of the molecule is C[C@@H]1C=C(CN)N(C)O1. The van der Waals surface area contributed by atoms with Crippen LogP contribution in [0.2, 0.25) is 0 Å². The van der Waals surface area contributed by atoms with Gasteiger partial charge in [0.2, 0.25) is 0 Å². The predicted molar refractivity (Wildman–Crippen MR) is 35.4 cm³/mol. The Bertz CT molecular complexity index is 133. The lowest BCUT2D eigenvalue weighted by Gasteiger charge is -2.13. The molecular weight excluding hydrogens is 116 g/mol. The molecule has 0 radical (unpaired) electrons. The maximum atomic E-state index is 5.40. The molecule has 0 aromatic carbocycles. The Morgan fingerprint density at radius 1 is 1.89 bits per heavy atom. The van der Waals surface area contributed by atoms with E-state index >= 15 is 0 Å². The molecule has 0 saturated carbocycles. The molecule has 0 aromatic rings. The summed E-state index contributed by atoms with van der Waals surface area (Å²) in [5.74, 6) is 0. The van der Waals surface area contributed by atoms with E-state index in [1.54, 1.807) is 5.06 Å². The van der Waals surface area contributed by atoms with Gasteiger partial charge in [-0.05, 0) is 13.0 Å². The van der Waals surface area contributed by atoms with Crippen LogP contribution < -0.4 is 5.73 Å². The van der Waals surface area contributed by atoms with E-state index in [0.29, 0.717) is 6.54 Å². The van der Waals surface area contributed by atoms with Crippen LogP contribution in [0.1, 0.15) is 6.92 Å². The van der Waals surface area contributed by atoms with Crippen molar-refractivity contribution >= 4 is 0 Å². The van der Waals surface area contributed by atoms with E-state index < -0.39 is 0 Å². The Morgan fingerprint density at radius 2 is 2.56 bits per heavy atom. The Kier molecular flexibility index (Phi) is 1.73. The maximum absolute atomic E-state index is 5.40. The summed E-state index contributed by atoms with van der Waals surface area (Å²) in [5.41, 5.74) is 6.45. The molecule has 0 fully saturated rings. The topological polar surface area (TPSA) is 38.5 Å². The van der Waals surface area contributed by atoms with Gasteiger partial charge >= 0.3 is 0 Å². The van der Waals surface area contributed by atoms with E-state index in [9.17, 15) is 0 Å². The molecule has 9 heavy (non-hydrogen) atoms. The Labute approximate surface area is 55.0 Å². The molecule has 0 unspecified atom stereocenters. The standard InChI is InChI=1S/C6H12N2O/c1-5-3-6(4-7)8(2)9-5/h3,5H,4,7H2,1-2H3/t5-/m1/s1. The van der Waals surface area contributed by atoms with Gasteiger partial charge in [0.05, 0.1) is 5.70 Å². The van der Waals surface area contributed by atoms with Crippen LogP contribution in [0.5, 0.6) is 0 Å². The van der Waals surface area contributed by atoms with Crippen molar-refractivity contribution in [2.45, 2.75) is 13.0 Å². The molecule has 1 aliphatic rings. The predicted octanol–water partition coefficient (Wildman–Crippen LogP) is 0.0945. The smallest absolute Gasteiger partial charge is 0.103 e. The Morgan fingerprint density at radius 3 is 2.78 bits per heavy atom. The van der Waals surface area contributed by atoms with E-state index in [0.717, 1.165) is 5.70 Å². The van der Waals surface area contributed by atoms with E-state index in [1.807, 2.05) is 20.0 Å². The minimum atomic E-state index is 0.188. The lowest BCUT2D eigenvalue weighted by atomic mass is 10.3. The zero-order valence-corrected chi connectivity index (χ0v) is 5.79. The molecule has 0 saturated heterocycles. The third-order valence-corrected chi connectivity index (χ3v) is 1.37. The first kappa shape index (κ1) is 6.58. The molecule has 1 rings (SSSR count). The lowest BCUT2D eigenvalue weighted by Crippen LogP contribution is -2.19. The van der Waals surface area contributed by atoms with E-state index in [-0.39, 0.29) is 6.10 Å². The van der Waals surface area contributed by atoms with Gasteiger partial charge in [-0.2, -0.15) is 0 Å². The fourth-order valence-corrected chi connectivity index (χ4v) is 0.920. The van der Waals surface area contributed by atoms with Gasteiger partial charge in [-0.25, -0.2) is 0 Å². The second-order valence-electron chi connectivity index (χ2n) is 2.17. The fraction of sp³-hybridized carbons (Fsp3) is 0.667. The first-order valence-electron chi connectivity index (χ1n) is 3.05. The number of nitrogens with zero attached hydrogens (tertiary/aromatic N) is 1. The third-order valence-electron chi connectivity index (χ3n) is 1.37. The van der Waals surface area contributed by atoms with Crippen LogP contribution in [-0.2, 0) is 4.84 Å². The lowest BCUT2D eigenvalue weighted by molar-refractivity contribution is -0.112. The average Bonchev–Trinajstić information content (AvgIpc) is 2.10. The highest BCUT2D eigenvalue weighted by atomic mass is 16.7. The molecule has 0 aliphatic carbocycles. The number of nitrogens with two attached hydrogens (primary N) is 1. The number of hydrogen-bond acceptors (Lipinski definition) is 3. The van der Waals surface area contributed by atoms with Crippen molar-refractivity contribution in [3.63, 3.8) is 0 Å². The highest BCUT2D eigenvalue weighted by Gasteiger charge is 2.15. The van der Waals surface area contributed by atoms with Gasteiger partial charge in [-0.3, -0.25) is 9.90 Å². The van der Waals surface area contributed by atoms with Crippen LogP contribution in [0.3, 0.4) is 0 Å². The summed E-state index contributed by atoms with van der Waals surface area (Å²) in [6.07, 6.45) is 2.20. The van der Waals surface area contributed by atoms with Crippen molar-refractivity contribution in [2.75, 3.05) is 13.6 Å². The number of likely N-dealkylation sites (N-methyl/N-ethyl adjacent to an activating group) is 1. The van der Waals surface area contributed by atoms with Crippen LogP contribution in [-0.4, -0.2) is 24.8 Å². The number of hydroxylamine groups is 2. The highest BCUT2D eigenvalue weighted by molar-refractivity contribution is 5.06. The van der Waals surface area contributed by atoms with Crippen molar-refractivity contribution in [2.24, 2.45) is 5.73 Å². The van der Waals surface area contributed by atoms with Crippen molar-refractivity contribution in [3.05, 3.63) is 11.8 Å². The van der Waals surface area contributed by atoms with E-state index in [4.69, 9.17) is 10.6 Å². The minimum absolute atomic E-state index is 0.188. The third kappa shape index (κ3) is 1.23. The molecule has 1 atom stereocenters. The zero-order chi connectivity index (χ0) is 6.85. The van der Waals surface area contributed by atoms with Gasteiger partial charge in [0.1, 0.15) is 6.10 Å². The summed E-state index contributed by atoms with van der Waals surface area (Å²) >= 11 is 0. The normalized spacial score (nSPS) is 26.8. The van der Waals surface area contributed by atoms with Gasteiger partial charge in [-0.1, -0.05) is 0 Å².